The summed E-state index contributed by atoms with van der Waals surface area (Å²) in [7, 11) is 0. The average Bonchev–Trinajstić information content (AvgIpc) is 2.66. The van der Waals surface area contributed by atoms with E-state index < -0.39 is 11.9 Å². The van der Waals surface area contributed by atoms with Gasteiger partial charge in [0.2, 0.25) is 0 Å². The lowest BCUT2D eigenvalue weighted by Gasteiger charge is -2.35. The average molecular weight is 388 g/mol. The maximum absolute atomic E-state index is 13.0. The van der Waals surface area contributed by atoms with Crippen molar-refractivity contribution in [3.05, 3.63) is 64.7 Å². The standard InChI is InChI=1S/C21H22ClNO4/c1-14-12-23(11-10-16(14)21(25)26)20(24)17-7-3-5-9-19(17)27-13-15-6-2-4-8-18(15)22/h2-9,14,16H,10-13H2,1H3,(H,25,26). The van der Waals surface area contributed by atoms with Gasteiger partial charge in [-0.05, 0) is 30.5 Å². The molecule has 142 valence electrons. The molecule has 1 N–H and O–H groups in total. The Balaban J connectivity index is 1.73. The molecule has 5 nitrogen and oxygen atoms in total. The molecule has 0 radical (unpaired) electrons. The predicted octanol–water partition coefficient (Wildman–Crippen LogP) is 4.10. The van der Waals surface area contributed by atoms with Crippen LogP contribution in [0.5, 0.6) is 5.75 Å². The van der Waals surface area contributed by atoms with Gasteiger partial charge in [0.15, 0.2) is 0 Å². The van der Waals surface area contributed by atoms with Gasteiger partial charge in [-0.2, -0.15) is 0 Å². The minimum absolute atomic E-state index is 0.0867. The Bertz CT molecular complexity index is 838. The normalized spacial score (nSPS) is 19.6. The first-order valence-corrected chi connectivity index (χ1v) is 9.32. The minimum Gasteiger partial charge on any atom is -0.488 e. The maximum atomic E-state index is 13.0. The van der Waals surface area contributed by atoms with Gasteiger partial charge in [-0.3, -0.25) is 9.59 Å². The summed E-state index contributed by atoms with van der Waals surface area (Å²) < 4.78 is 5.88. The van der Waals surface area contributed by atoms with E-state index in [4.69, 9.17) is 16.3 Å². The number of likely N-dealkylation sites (tertiary alicyclic amines) is 1. The van der Waals surface area contributed by atoms with Crippen molar-refractivity contribution in [1.82, 2.24) is 4.90 Å². The first-order chi connectivity index (χ1) is 13.0. The smallest absolute Gasteiger partial charge is 0.306 e. The largest absolute Gasteiger partial charge is 0.488 e. The number of carboxylic acid groups (broad SMARTS) is 1. The number of piperidine rings is 1. The Kier molecular flexibility index (Phi) is 6.01. The first-order valence-electron chi connectivity index (χ1n) is 8.94. The molecule has 2 aromatic carbocycles. The number of carboxylic acids is 1. The third kappa shape index (κ3) is 4.42. The van der Waals surface area contributed by atoms with Gasteiger partial charge in [0.1, 0.15) is 12.4 Å². The number of benzene rings is 2. The molecule has 0 spiro atoms. The second-order valence-corrected chi connectivity index (χ2v) is 7.25. The number of ether oxygens (including phenoxy) is 1. The molecule has 0 aliphatic carbocycles. The molecule has 1 fully saturated rings. The van der Waals surface area contributed by atoms with Crippen molar-refractivity contribution in [2.75, 3.05) is 13.1 Å². The quantitative estimate of drug-likeness (QED) is 0.838. The van der Waals surface area contributed by atoms with Crippen molar-refractivity contribution in [2.45, 2.75) is 20.0 Å². The number of aliphatic carboxylic acids is 1. The van der Waals surface area contributed by atoms with Gasteiger partial charge < -0.3 is 14.7 Å². The molecule has 27 heavy (non-hydrogen) atoms. The fourth-order valence-electron chi connectivity index (χ4n) is 3.41. The van der Waals surface area contributed by atoms with Gasteiger partial charge in [-0.25, -0.2) is 0 Å². The molecule has 6 heteroatoms. The molecule has 2 unspecified atom stereocenters. The third-order valence-corrected chi connectivity index (χ3v) is 5.34. The van der Waals surface area contributed by atoms with Crippen LogP contribution in [0.3, 0.4) is 0 Å². The Morgan fingerprint density at radius 2 is 1.89 bits per heavy atom. The highest BCUT2D eigenvalue weighted by Gasteiger charge is 2.33. The second kappa shape index (κ2) is 8.44. The number of halogens is 1. The van der Waals surface area contributed by atoms with E-state index in [2.05, 4.69) is 0 Å². The minimum atomic E-state index is -0.793. The van der Waals surface area contributed by atoms with Crippen molar-refractivity contribution in [3.8, 4) is 5.75 Å². The number of hydrogen-bond acceptors (Lipinski definition) is 3. The van der Waals surface area contributed by atoms with Gasteiger partial charge in [0.05, 0.1) is 11.5 Å². The summed E-state index contributed by atoms with van der Waals surface area (Å²) in [5.74, 6) is -0.925. The fraction of sp³-hybridized carbons (Fsp3) is 0.333. The van der Waals surface area contributed by atoms with Crippen molar-refractivity contribution in [3.63, 3.8) is 0 Å². The summed E-state index contributed by atoms with van der Waals surface area (Å²) in [6, 6.07) is 14.5. The second-order valence-electron chi connectivity index (χ2n) is 6.84. The molecular weight excluding hydrogens is 366 g/mol. The Hall–Kier alpha value is -2.53. The molecule has 0 saturated carbocycles. The molecule has 1 aliphatic heterocycles. The molecule has 1 heterocycles. The topological polar surface area (TPSA) is 66.8 Å². The van der Waals surface area contributed by atoms with Crippen LogP contribution in [0.1, 0.15) is 29.3 Å². The summed E-state index contributed by atoms with van der Waals surface area (Å²) in [6.45, 7) is 2.99. The zero-order chi connectivity index (χ0) is 19.4. The number of hydrogen-bond donors (Lipinski definition) is 1. The van der Waals surface area contributed by atoms with Crippen molar-refractivity contribution in [1.29, 1.82) is 0 Å². The highest BCUT2D eigenvalue weighted by Crippen LogP contribution is 2.28. The molecular formula is C21H22ClNO4. The van der Waals surface area contributed by atoms with E-state index in [-0.39, 0.29) is 18.4 Å². The van der Waals surface area contributed by atoms with E-state index in [0.29, 0.717) is 35.8 Å². The number of nitrogens with zero attached hydrogens (tertiary/aromatic N) is 1. The van der Waals surface area contributed by atoms with Crippen LogP contribution in [0.2, 0.25) is 5.02 Å². The summed E-state index contributed by atoms with van der Waals surface area (Å²) >= 11 is 6.17. The monoisotopic (exact) mass is 387 g/mol. The van der Waals surface area contributed by atoms with Crippen molar-refractivity contribution in [2.24, 2.45) is 11.8 Å². The van der Waals surface area contributed by atoms with Crippen LogP contribution in [0.15, 0.2) is 48.5 Å². The first kappa shape index (κ1) is 19.2. The number of carbonyl (C=O) groups is 2. The third-order valence-electron chi connectivity index (χ3n) is 4.97. The van der Waals surface area contributed by atoms with Gasteiger partial charge >= 0.3 is 5.97 Å². The van der Waals surface area contributed by atoms with Gasteiger partial charge in [-0.1, -0.05) is 48.9 Å². The Morgan fingerprint density at radius 3 is 2.59 bits per heavy atom. The van der Waals surface area contributed by atoms with Crippen molar-refractivity contribution >= 4 is 23.5 Å². The van der Waals surface area contributed by atoms with E-state index >= 15 is 0 Å². The van der Waals surface area contributed by atoms with Crippen molar-refractivity contribution < 1.29 is 19.4 Å². The number of carbonyl (C=O) groups excluding carboxylic acids is 1. The van der Waals surface area contributed by atoms with Crippen LogP contribution >= 0.6 is 11.6 Å². The molecule has 0 aromatic heterocycles. The Morgan fingerprint density at radius 1 is 1.19 bits per heavy atom. The zero-order valence-electron chi connectivity index (χ0n) is 15.1. The van der Waals surface area contributed by atoms with Gasteiger partial charge in [-0.15, -0.1) is 0 Å². The van der Waals surface area contributed by atoms with E-state index in [1.807, 2.05) is 31.2 Å². The summed E-state index contributed by atoms with van der Waals surface area (Å²) in [5.41, 5.74) is 1.32. The highest BCUT2D eigenvalue weighted by atomic mass is 35.5. The SMILES string of the molecule is CC1CN(C(=O)c2ccccc2OCc2ccccc2Cl)CCC1C(=O)O. The molecule has 0 bridgehead atoms. The lowest BCUT2D eigenvalue weighted by Crippen LogP contribution is -2.45. The van der Waals surface area contributed by atoms with Crippen LogP contribution in [0.4, 0.5) is 0 Å². The molecule has 2 aromatic rings. The predicted molar refractivity (Wildman–Crippen MR) is 103 cm³/mol. The molecule has 1 saturated heterocycles. The van der Waals surface area contributed by atoms with Crippen LogP contribution < -0.4 is 4.74 Å². The number of para-hydroxylation sites is 1. The fourth-order valence-corrected chi connectivity index (χ4v) is 3.60. The lowest BCUT2D eigenvalue weighted by molar-refractivity contribution is -0.145. The van der Waals surface area contributed by atoms with Crippen LogP contribution in [-0.4, -0.2) is 35.0 Å². The van der Waals surface area contributed by atoms with Crippen LogP contribution in [-0.2, 0) is 11.4 Å². The molecule has 2 atom stereocenters. The zero-order valence-corrected chi connectivity index (χ0v) is 15.9. The highest BCUT2D eigenvalue weighted by molar-refractivity contribution is 6.31. The van der Waals surface area contributed by atoms with E-state index in [9.17, 15) is 14.7 Å². The van der Waals surface area contributed by atoms with E-state index in [1.165, 1.54) is 0 Å². The van der Waals surface area contributed by atoms with E-state index in [0.717, 1.165) is 5.56 Å². The summed E-state index contributed by atoms with van der Waals surface area (Å²) in [5, 5.41) is 9.88. The molecule has 1 aliphatic rings. The van der Waals surface area contributed by atoms with E-state index in [1.54, 1.807) is 29.2 Å². The Labute approximate surface area is 163 Å². The molecule has 1 amide bonds. The summed E-state index contributed by atoms with van der Waals surface area (Å²) in [4.78, 5) is 26.0. The van der Waals surface area contributed by atoms with Gasteiger partial charge in [0.25, 0.3) is 5.91 Å². The number of amides is 1. The lowest BCUT2D eigenvalue weighted by atomic mass is 9.87. The summed E-state index contributed by atoms with van der Waals surface area (Å²) in [6.07, 6.45) is 0.463. The maximum Gasteiger partial charge on any atom is 0.306 e. The van der Waals surface area contributed by atoms with Crippen LogP contribution in [0, 0.1) is 11.8 Å². The molecule has 3 rings (SSSR count). The van der Waals surface area contributed by atoms with Gasteiger partial charge in [0, 0.05) is 23.7 Å². The number of rotatable bonds is 5. The van der Waals surface area contributed by atoms with Crippen LogP contribution in [0.25, 0.3) is 0 Å².